The number of phenols is 1. The van der Waals surface area contributed by atoms with Gasteiger partial charge in [0, 0.05) is 28.6 Å². The number of hydrogen-bond donors (Lipinski definition) is 1. The summed E-state index contributed by atoms with van der Waals surface area (Å²) in [5, 5.41) is 10.3. The molecule has 0 fully saturated rings. The molecule has 0 saturated heterocycles. The number of rotatable bonds is 3. The summed E-state index contributed by atoms with van der Waals surface area (Å²) in [6, 6.07) is 5.50. The van der Waals surface area contributed by atoms with Gasteiger partial charge >= 0.3 is 17.2 Å². The molecule has 0 bridgehead atoms. The van der Waals surface area contributed by atoms with E-state index in [4.69, 9.17) is 13.6 Å². The van der Waals surface area contributed by atoms with Gasteiger partial charge < -0.3 is 18.7 Å². The van der Waals surface area contributed by atoms with Crippen LogP contribution in [0.4, 0.5) is 0 Å². The molecule has 0 aliphatic rings. The number of aryl methyl sites for hydroxylation is 3. The Morgan fingerprint density at radius 2 is 1.77 bits per heavy atom. The minimum absolute atomic E-state index is 0.000332. The van der Waals surface area contributed by atoms with E-state index in [1.807, 2.05) is 0 Å². The summed E-state index contributed by atoms with van der Waals surface area (Å²) in [6.45, 7) is 4.56. The number of phenolic OH excluding ortho intramolecular Hbond substituents is 1. The van der Waals surface area contributed by atoms with Crippen molar-refractivity contribution in [1.82, 2.24) is 0 Å². The molecule has 7 heteroatoms. The predicted molar refractivity (Wildman–Crippen MR) is 92.5 cm³/mol. The Morgan fingerprint density at radius 3 is 2.46 bits per heavy atom. The van der Waals surface area contributed by atoms with Crippen molar-refractivity contribution >= 4 is 16.9 Å². The van der Waals surface area contributed by atoms with Crippen molar-refractivity contribution in [3.8, 4) is 5.75 Å². The third-order valence-corrected chi connectivity index (χ3v) is 4.12. The third-order valence-electron chi connectivity index (χ3n) is 4.12. The number of fused-ring (bicyclic) bond motifs is 1. The van der Waals surface area contributed by atoms with Gasteiger partial charge in [0.1, 0.15) is 29.3 Å². The highest BCUT2D eigenvalue weighted by molar-refractivity contribution is 5.92. The molecule has 0 radical (unpaired) electrons. The predicted octanol–water partition coefficient (Wildman–Crippen LogP) is 2.73. The van der Waals surface area contributed by atoms with Crippen molar-refractivity contribution in [3.05, 3.63) is 73.1 Å². The van der Waals surface area contributed by atoms with E-state index in [2.05, 4.69) is 0 Å². The molecule has 0 unspecified atom stereocenters. The fourth-order valence-electron chi connectivity index (χ4n) is 2.81. The number of carbonyl (C=O) groups is 1. The van der Waals surface area contributed by atoms with Gasteiger partial charge in [-0.3, -0.25) is 0 Å². The Kier molecular flexibility index (Phi) is 4.38. The average molecular weight is 356 g/mol. The Bertz CT molecular complexity index is 1110. The number of aromatic hydroxyl groups is 1. The van der Waals surface area contributed by atoms with Crippen LogP contribution in [0.3, 0.4) is 0 Å². The van der Waals surface area contributed by atoms with E-state index in [9.17, 15) is 19.5 Å². The maximum atomic E-state index is 12.4. The lowest BCUT2D eigenvalue weighted by Crippen LogP contribution is -2.13. The zero-order valence-corrected chi connectivity index (χ0v) is 14.4. The van der Waals surface area contributed by atoms with E-state index in [0.29, 0.717) is 22.1 Å². The highest BCUT2D eigenvalue weighted by Gasteiger charge is 2.18. The molecule has 134 valence electrons. The topological polar surface area (TPSA) is 107 Å². The standard InChI is InChI=1S/C19H16O7/c1-9-6-15(21)25-11(3)17(9)19(23)24-8-12-7-16(22)26-18-10(2)14(20)5-4-13(12)18/h4-7,20H,8H2,1-3H3. The summed E-state index contributed by atoms with van der Waals surface area (Å²) in [5.74, 6) is -0.501. The summed E-state index contributed by atoms with van der Waals surface area (Å²) in [7, 11) is 0. The highest BCUT2D eigenvalue weighted by atomic mass is 16.5. The van der Waals surface area contributed by atoms with Crippen LogP contribution in [0.15, 0.2) is 42.7 Å². The molecule has 3 aromatic rings. The van der Waals surface area contributed by atoms with E-state index in [1.165, 1.54) is 25.1 Å². The summed E-state index contributed by atoms with van der Waals surface area (Å²) in [5.41, 5.74) is 0.563. The van der Waals surface area contributed by atoms with Crippen molar-refractivity contribution in [2.75, 3.05) is 0 Å². The number of ether oxygens (including phenoxy) is 1. The second-order valence-electron chi connectivity index (χ2n) is 5.93. The second-order valence-corrected chi connectivity index (χ2v) is 5.93. The largest absolute Gasteiger partial charge is 0.508 e. The quantitative estimate of drug-likeness (QED) is 0.568. The van der Waals surface area contributed by atoms with Crippen LogP contribution in [0.5, 0.6) is 5.75 Å². The molecule has 0 atom stereocenters. The first-order valence-electron chi connectivity index (χ1n) is 7.81. The van der Waals surface area contributed by atoms with E-state index in [1.54, 1.807) is 19.9 Å². The molecule has 2 heterocycles. The van der Waals surface area contributed by atoms with Crippen molar-refractivity contribution in [1.29, 1.82) is 0 Å². The van der Waals surface area contributed by atoms with Gasteiger partial charge in [0.2, 0.25) is 0 Å². The Hall–Kier alpha value is -3.35. The van der Waals surface area contributed by atoms with E-state index in [0.717, 1.165) is 0 Å². The lowest BCUT2D eigenvalue weighted by molar-refractivity contribution is 0.0468. The minimum atomic E-state index is -0.666. The van der Waals surface area contributed by atoms with Crippen LogP contribution in [0.25, 0.3) is 11.0 Å². The van der Waals surface area contributed by atoms with Gasteiger partial charge in [-0.2, -0.15) is 0 Å². The van der Waals surface area contributed by atoms with Gasteiger partial charge in [-0.1, -0.05) is 0 Å². The Labute approximate surface area is 147 Å². The maximum absolute atomic E-state index is 12.4. The molecule has 0 spiro atoms. The van der Waals surface area contributed by atoms with Crippen molar-refractivity contribution < 1.29 is 23.5 Å². The minimum Gasteiger partial charge on any atom is -0.508 e. The van der Waals surface area contributed by atoms with E-state index >= 15 is 0 Å². The molecular formula is C19H16O7. The molecule has 3 rings (SSSR count). The summed E-state index contributed by atoms with van der Waals surface area (Å²) >= 11 is 0. The van der Waals surface area contributed by atoms with Crippen molar-refractivity contribution in [2.45, 2.75) is 27.4 Å². The molecule has 1 N–H and O–H groups in total. The maximum Gasteiger partial charge on any atom is 0.342 e. The molecule has 0 aliphatic heterocycles. The molecular weight excluding hydrogens is 340 g/mol. The van der Waals surface area contributed by atoms with Crippen LogP contribution in [0, 0.1) is 20.8 Å². The first-order chi connectivity index (χ1) is 12.3. The lowest BCUT2D eigenvalue weighted by atomic mass is 10.1. The first-order valence-corrected chi connectivity index (χ1v) is 7.81. The lowest BCUT2D eigenvalue weighted by Gasteiger charge is -2.11. The number of esters is 1. The van der Waals surface area contributed by atoms with Crippen molar-refractivity contribution in [2.24, 2.45) is 0 Å². The normalized spacial score (nSPS) is 10.9. The van der Waals surface area contributed by atoms with E-state index < -0.39 is 17.2 Å². The van der Waals surface area contributed by atoms with Gasteiger partial charge in [-0.15, -0.1) is 0 Å². The summed E-state index contributed by atoms with van der Waals surface area (Å²) in [4.78, 5) is 35.5. The molecule has 2 aromatic heterocycles. The Balaban J connectivity index is 1.96. The van der Waals surface area contributed by atoms with Crippen LogP contribution in [-0.2, 0) is 11.3 Å². The second kappa shape index (κ2) is 6.51. The first kappa shape index (κ1) is 17.5. The van der Waals surface area contributed by atoms with Gasteiger partial charge in [-0.05, 0) is 38.5 Å². The molecule has 0 aliphatic carbocycles. The molecule has 0 saturated carbocycles. The summed E-state index contributed by atoms with van der Waals surface area (Å²) in [6.07, 6.45) is 0. The van der Waals surface area contributed by atoms with Gasteiger partial charge in [0.15, 0.2) is 0 Å². The van der Waals surface area contributed by atoms with Crippen LogP contribution < -0.4 is 11.3 Å². The van der Waals surface area contributed by atoms with Gasteiger partial charge in [0.25, 0.3) is 0 Å². The zero-order valence-electron chi connectivity index (χ0n) is 14.4. The smallest absolute Gasteiger partial charge is 0.342 e. The SMILES string of the molecule is Cc1cc(=O)oc(C)c1C(=O)OCc1cc(=O)oc2c(C)c(O)ccc12. The van der Waals surface area contributed by atoms with Gasteiger partial charge in [0.05, 0.1) is 0 Å². The van der Waals surface area contributed by atoms with E-state index in [-0.39, 0.29) is 29.3 Å². The Morgan fingerprint density at radius 1 is 1.08 bits per heavy atom. The monoisotopic (exact) mass is 356 g/mol. The third kappa shape index (κ3) is 3.11. The van der Waals surface area contributed by atoms with Crippen LogP contribution in [0.2, 0.25) is 0 Å². The fourth-order valence-corrected chi connectivity index (χ4v) is 2.81. The average Bonchev–Trinajstić information content (AvgIpc) is 2.55. The molecule has 0 amide bonds. The highest BCUT2D eigenvalue weighted by Crippen LogP contribution is 2.27. The summed E-state index contributed by atoms with van der Waals surface area (Å²) < 4.78 is 15.4. The molecule has 1 aromatic carbocycles. The molecule has 7 nitrogen and oxygen atoms in total. The number of benzene rings is 1. The van der Waals surface area contributed by atoms with Crippen molar-refractivity contribution in [3.63, 3.8) is 0 Å². The van der Waals surface area contributed by atoms with Gasteiger partial charge in [-0.25, -0.2) is 14.4 Å². The number of hydrogen-bond acceptors (Lipinski definition) is 7. The molecule has 26 heavy (non-hydrogen) atoms. The van der Waals surface area contributed by atoms with Crippen LogP contribution in [-0.4, -0.2) is 11.1 Å². The number of carbonyl (C=O) groups excluding carboxylic acids is 1. The van der Waals surface area contributed by atoms with Crippen LogP contribution >= 0.6 is 0 Å². The zero-order chi connectivity index (χ0) is 19.0. The fraction of sp³-hybridized carbons (Fsp3) is 0.211. The van der Waals surface area contributed by atoms with Crippen LogP contribution in [0.1, 0.15) is 32.8 Å².